The molecule has 0 aromatic carbocycles. The number of piperidine rings is 2. The molecule has 3 N–H and O–H groups in total. The molecular weight excluding hydrogens is 214 g/mol. The second-order valence-corrected chi connectivity index (χ2v) is 6.33. The lowest BCUT2D eigenvalue weighted by Gasteiger charge is -2.60. The molecule has 0 radical (unpaired) electrons. The molecule has 4 fully saturated rings. The van der Waals surface area contributed by atoms with Crippen molar-refractivity contribution in [1.29, 1.82) is 0 Å². The third kappa shape index (κ3) is 1.51. The van der Waals surface area contributed by atoms with E-state index in [0.717, 1.165) is 39.0 Å². The minimum atomic E-state index is -0.625. The highest BCUT2D eigenvalue weighted by atomic mass is 16.3. The van der Waals surface area contributed by atoms with Crippen LogP contribution in [0.4, 0.5) is 0 Å². The van der Waals surface area contributed by atoms with E-state index in [1.54, 1.807) is 0 Å². The zero-order valence-corrected chi connectivity index (χ0v) is 10.9. The van der Waals surface area contributed by atoms with Crippen molar-refractivity contribution >= 4 is 0 Å². The smallest absolute Gasteiger partial charge is 0.0902 e. The van der Waals surface area contributed by atoms with Gasteiger partial charge in [0.05, 0.1) is 5.60 Å². The van der Waals surface area contributed by atoms with Gasteiger partial charge in [-0.2, -0.15) is 0 Å². The van der Waals surface area contributed by atoms with Gasteiger partial charge in [-0.15, -0.1) is 0 Å². The van der Waals surface area contributed by atoms with Crippen molar-refractivity contribution < 1.29 is 5.11 Å². The maximum absolute atomic E-state index is 11.1. The maximum atomic E-state index is 11.1. The van der Waals surface area contributed by atoms with Gasteiger partial charge < -0.3 is 20.6 Å². The molecule has 0 aromatic rings. The fraction of sp³-hybridized carbons (Fsp3) is 1.00. The molecular formula is C13H25N3O. The summed E-state index contributed by atoms with van der Waals surface area (Å²) in [6.45, 7) is 9.15. The highest BCUT2D eigenvalue weighted by molar-refractivity contribution is 5.14. The molecule has 4 rings (SSSR count). The van der Waals surface area contributed by atoms with Crippen LogP contribution in [0.5, 0.6) is 0 Å². The van der Waals surface area contributed by atoms with Gasteiger partial charge in [-0.1, -0.05) is 13.3 Å². The van der Waals surface area contributed by atoms with Crippen molar-refractivity contribution in [1.82, 2.24) is 9.80 Å². The number of aliphatic hydroxyl groups is 1. The van der Waals surface area contributed by atoms with Crippen LogP contribution < -0.4 is 5.73 Å². The van der Waals surface area contributed by atoms with Gasteiger partial charge in [-0.05, 0) is 6.42 Å². The van der Waals surface area contributed by atoms with E-state index in [1.165, 1.54) is 13.1 Å². The Labute approximate surface area is 104 Å². The molecule has 0 aromatic heterocycles. The molecule has 4 heterocycles. The number of hydrogen-bond donors (Lipinski definition) is 2. The Bertz CT molecular complexity index is 293. The highest BCUT2D eigenvalue weighted by Crippen LogP contribution is 2.50. The summed E-state index contributed by atoms with van der Waals surface area (Å²) < 4.78 is 0. The lowest BCUT2D eigenvalue weighted by atomic mass is 9.58. The quantitative estimate of drug-likeness (QED) is 0.711. The molecule has 4 nitrogen and oxygen atoms in total. The largest absolute Gasteiger partial charge is 0.387 e. The molecule has 17 heavy (non-hydrogen) atoms. The molecule has 98 valence electrons. The van der Waals surface area contributed by atoms with E-state index >= 15 is 0 Å². The zero-order valence-electron chi connectivity index (χ0n) is 10.9. The predicted octanol–water partition coefficient (Wildman–Crippen LogP) is -0.276. The van der Waals surface area contributed by atoms with Crippen molar-refractivity contribution in [2.75, 3.05) is 45.8 Å². The van der Waals surface area contributed by atoms with Crippen molar-refractivity contribution in [2.24, 2.45) is 17.1 Å². The lowest BCUT2D eigenvalue weighted by molar-refractivity contribution is -0.195. The summed E-state index contributed by atoms with van der Waals surface area (Å²) in [6, 6.07) is 0. The van der Waals surface area contributed by atoms with Crippen LogP contribution >= 0.6 is 0 Å². The van der Waals surface area contributed by atoms with Gasteiger partial charge in [-0.3, -0.25) is 0 Å². The summed E-state index contributed by atoms with van der Waals surface area (Å²) in [7, 11) is 0. The average Bonchev–Trinajstić information content (AvgIpc) is 2.55. The predicted molar refractivity (Wildman–Crippen MR) is 67.7 cm³/mol. The van der Waals surface area contributed by atoms with Crippen molar-refractivity contribution in [2.45, 2.75) is 25.4 Å². The zero-order chi connectivity index (χ0) is 12.1. The van der Waals surface area contributed by atoms with E-state index in [0.29, 0.717) is 12.5 Å². The molecule has 4 saturated heterocycles. The van der Waals surface area contributed by atoms with E-state index in [2.05, 4.69) is 16.7 Å². The molecule has 0 amide bonds. The summed E-state index contributed by atoms with van der Waals surface area (Å²) in [5, 5.41) is 11.1. The Morgan fingerprint density at radius 2 is 1.82 bits per heavy atom. The van der Waals surface area contributed by atoms with Crippen LogP contribution in [0.2, 0.25) is 0 Å². The normalized spacial score (nSPS) is 52.8. The molecule has 0 aliphatic carbocycles. The van der Waals surface area contributed by atoms with Crippen molar-refractivity contribution in [3.63, 3.8) is 0 Å². The minimum Gasteiger partial charge on any atom is -0.387 e. The number of hydrogen-bond acceptors (Lipinski definition) is 4. The summed E-state index contributed by atoms with van der Waals surface area (Å²) in [6.07, 6.45) is 2.24. The van der Waals surface area contributed by atoms with Gasteiger partial charge in [-0.25, -0.2) is 0 Å². The molecule has 4 aliphatic heterocycles. The van der Waals surface area contributed by atoms with Crippen LogP contribution in [0, 0.1) is 11.3 Å². The summed E-state index contributed by atoms with van der Waals surface area (Å²) in [4.78, 5) is 5.11. The molecule has 3 atom stereocenters. The van der Waals surface area contributed by atoms with Crippen LogP contribution in [0.1, 0.15) is 19.8 Å². The van der Waals surface area contributed by atoms with Gasteiger partial charge >= 0.3 is 0 Å². The molecule has 4 bridgehead atoms. The van der Waals surface area contributed by atoms with Gasteiger partial charge in [0.1, 0.15) is 0 Å². The third-order valence-electron chi connectivity index (χ3n) is 5.38. The van der Waals surface area contributed by atoms with Crippen LogP contribution in [-0.4, -0.2) is 66.3 Å². The molecule has 0 saturated carbocycles. The molecule has 3 unspecified atom stereocenters. The molecule has 4 aliphatic rings. The van der Waals surface area contributed by atoms with Gasteiger partial charge in [0.2, 0.25) is 0 Å². The Kier molecular flexibility index (Phi) is 2.74. The maximum Gasteiger partial charge on any atom is 0.0902 e. The number of fused-ring (bicyclic) bond motifs is 1. The SMILES string of the molecule is CCCC12CN3CCN(CC(C3)C1(O)CN)C2. The van der Waals surface area contributed by atoms with Crippen molar-refractivity contribution in [3.8, 4) is 0 Å². The lowest BCUT2D eigenvalue weighted by Crippen LogP contribution is -2.73. The first kappa shape index (κ1) is 11.9. The second kappa shape index (κ2) is 3.92. The Hall–Kier alpha value is -0.160. The summed E-state index contributed by atoms with van der Waals surface area (Å²) >= 11 is 0. The van der Waals surface area contributed by atoms with Gasteiger partial charge in [0.15, 0.2) is 0 Å². The monoisotopic (exact) mass is 239 g/mol. The van der Waals surface area contributed by atoms with Gasteiger partial charge in [0, 0.05) is 57.1 Å². The fourth-order valence-corrected chi connectivity index (χ4v) is 4.58. The molecule has 0 spiro atoms. The van der Waals surface area contributed by atoms with E-state index in [9.17, 15) is 5.11 Å². The van der Waals surface area contributed by atoms with Gasteiger partial charge in [0.25, 0.3) is 0 Å². The Morgan fingerprint density at radius 3 is 2.29 bits per heavy atom. The van der Waals surface area contributed by atoms with Crippen LogP contribution in [0.15, 0.2) is 0 Å². The first-order chi connectivity index (χ1) is 8.13. The van der Waals surface area contributed by atoms with Crippen LogP contribution in [0.3, 0.4) is 0 Å². The topological polar surface area (TPSA) is 52.7 Å². The Morgan fingerprint density at radius 1 is 1.24 bits per heavy atom. The van der Waals surface area contributed by atoms with Crippen LogP contribution in [0.25, 0.3) is 0 Å². The standard InChI is InChI=1S/C13H25N3O/c1-2-3-12-9-15-4-5-16(10-12)7-11(6-15)13(12,17)8-14/h11,17H,2-10,14H2,1H3. The Balaban J connectivity index is 2.01. The number of nitrogens with two attached hydrogens (primary N) is 1. The fourth-order valence-electron chi connectivity index (χ4n) is 4.58. The highest BCUT2D eigenvalue weighted by Gasteiger charge is 2.61. The van der Waals surface area contributed by atoms with E-state index < -0.39 is 5.60 Å². The van der Waals surface area contributed by atoms with Crippen LogP contribution in [-0.2, 0) is 0 Å². The number of nitrogens with zero attached hydrogens (tertiary/aromatic N) is 2. The summed E-state index contributed by atoms with van der Waals surface area (Å²) in [5.74, 6) is 0.351. The van der Waals surface area contributed by atoms with E-state index in [4.69, 9.17) is 5.73 Å². The number of rotatable bonds is 3. The van der Waals surface area contributed by atoms with E-state index in [1.807, 2.05) is 0 Å². The molecule has 4 heteroatoms. The first-order valence-corrected chi connectivity index (χ1v) is 7.01. The van der Waals surface area contributed by atoms with E-state index in [-0.39, 0.29) is 5.41 Å². The minimum absolute atomic E-state index is 0.0220. The third-order valence-corrected chi connectivity index (χ3v) is 5.38. The second-order valence-electron chi connectivity index (χ2n) is 6.33. The average molecular weight is 239 g/mol. The summed E-state index contributed by atoms with van der Waals surface area (Å²) in [5.41, 5.74) is 5.36. The first-order valence-electron chi connectivity index (χ1n) is 7.01. The van der Waals surface area contributed by atoms with Crippen molar-refractivity contribution in [3.05, 3.63) is 0 Å².